The summed E-state index contributed by atoms with van der Waals surface area (Å²) in [5.41, 5.74) is 3.27. The van der Waals surface area contributed by atoms with Crippen LogP contribution in [-0.2, 0) is 10.0 Å². The van der Waals surface area contributed by atoms with Crippen molar-refractivity contribution in [3.63, 3.8) is 0 Å². The van der Waals surface area contributed by atoms with Crippen LogP contribution in [0.2, 0.25) is 5.02 Å². The maximum Gasteiger partial charge on any atom is 0.269 e. The van der Waals surface area contributed by atoms with Crippen LogP contribution in [0.3, 0.4) is 0 Å². The number of aryl methyl sites for hydroxylation is 2. The first-order valence-corrected chi connectivity index (χ1v) is 10.3. The molecule has 1 heterocycles. The van der Waals surface area contributed by atoms with Crippen molar-refractivity contribution in [3.05, 3.63) is 52.8 Å². The van der Waals surface area contributed by atoms with Crippen molar-refractivity contribution in [2.45, 2.75) is 38.5 Å². The van der Waals surface area contributed by atoms with Gasteiger partial charge in [0.2, 0.25) is 0 Å². The van der Waals surface area contributed by atoms with Crippen molar-refractivity contribution in [3.8, 4) is 5.75 Å². The number of fused-ring (bicyclic) bond motifs is 1. The Bertz CT molecular complexity index is 1060. The lowest BCUT2D eigenvalue weighted by Gasteiger charge is -2.11. The van der Waals surface area contributed by atoms with Gasteiger partial charge in [-0.3, -0.25) is 0 Å². The lowest BCUT2D eigenvalue weighted by atomic mass is 10.1. The third-order valence-corrected chi connectivity index (χ3v) is 6.32. The Balaban J connectivity index is 2.06. The number of benzene rings is 2. The van der Waals surface area contributed by atoms with E-state index >= 15 is 0 Å². The van der Waals surface area contributed by atoms with Crippen LogP contribution in [-0.4, -0.2) is 24.0 Å². The molecule has 3 rings (SSSR count). The zero-order valence-corrected chi connectivity index (χ0v) is 16.6. The molecular formula is C19H21ClN2O3S. The SMILES string of the molecule is CCCCOc1cc(S(=O)(=O)n2cnc3cc(C)c(C)cc32)ccc1Cl. The lowest BCUT2D eigenvalue weighted by Crippen LogP contribution is -2.12. The molecule has 0 unspecified atom stereocenters. The van der Waals surface area contributed by atoms with Crippen LogP contribution in [0.15, 0.2) is 41.6 Å². The van der Waals surface area contributed by atoms with Gasteiger partial charge in [-0.15, -0.1) is 0 Å². The second-order valence-electron chi connectivity index (χ2n) is 6.26. The third kappa shape index (κ3) is 3.44. The van der Waals surface area contributed by atoms with E-state index in [2.05, 4.69) is 11.9 Å². The van der Waals surface area contributed by atoms with E-state index in [4.69, 9.17) is 16.3 Å². The van der Waals surface area contributed by atoms with E-state index in [0.29, 0.717) is 28.4 Å². The highest BCUT2D eigenvalue weighted by molar-refractivity contribution is 7.90. The van der Waals surface area contributed by atoms with Crippen molar-refractivity contribution in [1.82, 2.24) is 8.96 Å². The van der Waals surface area contributed by atoms with E-state index in [0.717, 1.165) is 24.0 Å². The summed E-state index contributed by atoms with van der Waals surface area (Å²) in [7, 11) is -3.81. The first-order valence-electron chi connectivity index (χ1n) is 8.47. The molecule has 0 saturated heterocycles. The Hall–Kier alpha value is -2.05. The van der Waals surface area contributed by atoms with E-state index in [1.54, 1.807) is 6.07 Å². The second-order valence-corrected chi connectivity index (χ2v) is 8.49. The number of halogens is 1. The monoisotopic (exact) mass is 392 g/mol. The quantitative estimate of drug-likeness (QED) is 0.569. The van der Waals surface area contributed by atoms with Crippen molar-refractivity contribution in [1.29, 1.82) is 0 Å². The maximum absolute atomic E-state index is 13.1. The number of nitrogens with zero attached hydrogens (tertiary/aromatic N) is 2. The molecule has 0 atom stereocenters. The average Bonchev–Trinajstić information content (AvgIpc) is 3.00. The zero-order valence-electron chi connectivity index (χ0n) is 15.0. The average molecular weight is 393 g/mol. The van der Waals surface area contributed by atoms with Crippen LogP contribution in [0.25, 0.3) is 11.0 Å². The molecule has 0 bridgehead atoms. The summed E-state index contributed by atoms with van der Waals surface area (Å²) < 4.78 is 33.1. The number of unbranched alkanes of at least 4 members (excludes halogenated alkanes) is 1. The molecule has 0 aliphatic heterocycles. The number of hydrogen-bond acceptors (Lipinski definition) is 4. The highest BCUT2D eigenvalue weighted by Gasteiger charge is 2.21. The molecule has 138 valence electrons. The third-order valence-electron chi connectivity index (χ3n) is 4.34. The molecule has 0 amide bonds. The fourth-order valence-corrected chi connectivity index (χ4v) is 4.10. The molecule has 26 heavy (non-hydrogen) atoms. The van der Waals surface area contributed by atoms with Crippen LogP contribution in [0.5, 0.6) is 5.75 Å². The van der Waals surface area contributed by atoms with Crippen molar-refractivity contribution in [2.24, 2.45) is 0 Å². The van der Waals surface area contributed by atoms with Gasteiger partial charge >= 0.3 is 0 Å². The molecule has 0 N–H and O–H groups in total. The van der Waals surface area contributed by atoms with Crippen molar-refractivity contribution >= 4 is 32.7 Å². The predicted molar refractivity (Wildman–Crippen MR) is 104 cm³/mol. The highest BCUT2D eigenvalue weighted by Crippen LogP contribution is 2.30. The Morgan fingerprint density at radius 3 is 2.62 bits per heavy atom. The van der Waals surface area contributed by atoms with Gasteiger partial charge in [0.15, 0.2) is 0 Å². The van der Waals surface area contributed by atoms with Gasteiger partial charge in [-0.2, -0.15) is 0 Å². The minimum Gasteiger partial charge on any atom is -0.492 e. The van der Waals surface area contributed by atoms with Gasteiger partial charge in [-0.25, -0.2) is 17.4 Å². The first-order chi connectivity index (χ1) is 12.3. The molecule has 1 aromatic heterocycles. The maximum atomic E-state index is 13.1. The predicted octanol–water partition coefficient (Wildman–Crippen LogP) is 4.72. The van der Waals surface area contributed by atoms with E-state index in [1.807, 2.05) is 26.0 Å². The molecule has 0 radical (unpaired) electrons. The number of imidazole rings is 1. The van der Waals surface area contributed by atoms with Gasteiger partial charge < -0.3 is 4.74 Å². The van der Waals surface area contributed by atoms with Crippen LogP contribution in [0, 0.1) is 13.8 Å². The topological polar surface area (TPSA) is 61.2 Å². The molecular weight excluding hydrogens is 372 g/mol. The number of rotatable bonds is 6. The number of aromatic nitrogens is 2. The summed E-state index contributed by atoms with van der Waals surface area (Å²) in [5, 5.41) is 0.391. The minimum atomic E-state index is -3.81. The molecule has 7 heteroatoms. The molecule has 0 aliphatic rings. The van der Waals surface area contributed by atoms with Crippen LogP contribution < -0.4 is 4.74 Å². The summed E-state index contributed by atoms with van der Waals surface area (Å²) in [6.45, 7) is 6.47. The Labute approximate surface area is 158 Å². The first kappa shape index (κ1) is 18.7. The smallest absolute Gasteiger partial charge is 0.269 e. The number of ether oxygens (including phenoxy) is 1. The fourth-order valence-electron chi connectivity index (χ4n) is 2.63. The van der Waals surface area contributed by atoms with Gasteiger partial charge in [0, 0.05) is 6.07 Å². The Kier molecular flexibility index (Phi) is 5.25. The molecule has 0 fully saturated rings. The standard InChI is InChI=1S/C19H21ClN2O3S/c1-4-5-8-25-19-11-15(6-7-16(19)20)26(23,24)22-12-21-17-9-13(2)14(3)10-18(17)22/h6-7,9-12H,4-5,8H2,1-3H3. The van der Waals surface area contributed by atoms with E-state index in [-0.39, 0.29) is 4.90 Å². The molecule has 5 nitrogen and oxygen atoms in total. The van der Waals surface area contributed by atoms with Gasteiger partial charge in [-0.1, -0.05) is 24.9 Å². The second kappa shape index (κ2) is 7.29. The van der Waals surface area contributed by atoms with E-state index in [9.17, 15) is 8.42 Å². The van der Waals surface area contributed by atoms with Crippen molar-refractivity contribution in [2.75, 3.05) is 6.61 Å². The molecule has 3 aromatic rings. The van der Waals surface area contributed by atoms with Gasteiger partial charge in [0.1, 0.15) is 12.1 Å². The lowest BCUT2D eigenvalue weighted by molar-refractivity contribution is 0.309. The molecule has 0 aliphatic carbocycles. The van der Waals surface area contributed by atoms with E-state index in [1.165, 1.54) is 22.4 Å². The summed E-state index contributed by atoms with van der Waals surface area (Å²) in [4.78, 5) is 4.36. The van der Waals surface area contributed by atoms with Crippen molar-refractivity contribution < 1.29 is 13.2 Å². The Morgan fingerprint density at radius 1 is 1.15 bits per heavy atom. The molecule has 0 saturated carbocycles. The van der Waals surface area contributed by atoms with Gasteiger partial charge in [-0.05, 0) is 55.7 Å². The summed E-state index contributed by atoms with van der Waals surface area (Å²) in [6, 6.07) is 8.23. The zero-order chi connectivity index (χ0) is 18.9. The normalized spacial score (nSPS) is 11.8. The van der Waals surface area contributed by atoms with Crippen LogP contribution >= 0.6 is 11.6 Å². The summed E-state index contributed by atoms with van der Waals surface area (Å²) >= 11 is 6.14. The summed E-state index contributed by atoms with van der Waals surface area (Å²) in [6.07, 6.45) is 3.19. The highest BCUT2D eigenvalue weighted by atomic mass is 35.5. The largest absolute Gasteiger partial charge is 0.492 e. The van der Waals surface area contributed by atoms with Crippen LogP contribution in [0.1, 0.15) is 30.9 Å². The van der Waals surface area contributed by atoms with Gasteiger partial charge in [0.25, 0.3) is 10.0 Å². The number of hydrogen-bond donors (Lipinski definition) is 0. The Morgan fingerprint density at radius 2 is 1.88 bits per heavy atom. The summed E-state index contributed by atoms with van der Waals surface area (Å²) in [5.74, 6) is 0.373. The van der Waals surface area contributed by atoms with Gasteiger partial charge in [0.05, 0.1) is 27.6 Å². The molecule has 0 spiro atoms. The minimum absolute atomic E-state index is 0.117. The van der Waals surface area contributed by atoms with Crippen LogP contribution in [0.4, 0.5) is 0 Å². The fraction of sp³-hybridized carbons (Fsp3) is 0.316. The van der Waals surface area contributed by atoms with E-state index < -0.39 is 10.0 Å². The molecule has 2 aromatic carbocycles.